The predicted molar refractivity (Wildman–Crippen MR) is 139 cm³/mol. The number of rotatable bonds is 7. The number of halogens is 4. The zero-order valence-electron chi connectivity index (χ0n) is 21.1. The van der Waals surface area contributed by atoms with Gasteiger partial charge >= 0.3 is 6.18 Å². The predicted octanol–water partition coefficient (Wildman–Crippen LogP) is 5.57. The first kappa shape index (κ1) is 26.5. The third-order valence-electron chi connectivity index (χ3n) is 7.38. The third kappa shape index (κ3) is 4.64. The van der Waals surface area contributed by atoms with Gasteiger partial charge in [-0.15, -0.1) is 11.3 Å². The van der Waals surface area contributed by atoms with Gasteiger partial charge in [0.2, 0.25) is 0 Å². The molecule has 0 saturated heterocycles. The van der Waals surface area contributed by atoms with Crippen LogP contribution < -0.4 is 14.8 Å². The van der Waals surface area contributed by atoms with E-state index in [1.807, 2.05) is 0 Å². The number of nitrogens with one attached hydrogen (secondary N) is 1. The fourth-order valence-electron chi connectivity index (χ4n) is 5.06. The van der Waals surface area contributed by atoms with Crippen LogP contribution in [0.1, 0.15) is 40.4 Å². The first-order valence-corrected chi connectivity index (χ1v) is 13.4. The van der Waals surface area contributed by atoms with E-state index in [-0.39, 0.29) is 40.7 Å². The Bertz CT molecular complexity index is 1600. The summed E-state index contributed by atoms with van der Waals surface area (Å²) in [6.45, 7) is -0.912. The van der Waals surface area contributed by atoms with Gasteiger partial charge in [0.1, 0.15) is 46.7 Å². The number of methoxy groups -OCH3 is 1. The molecule has 4 aromatic rings. The number of aliphatic hydroxyl groups is 1. The number of hydrogen-bond donors (Lipinski definition) is 2. The second-order valence-corrected chi connectivity index (χ2v) is 10.8. The lowest BCUT2D eigenvalue weighted by molar-refractivity contribution is -0.151. The highest BCUT2D eigenvalue weighted by Gasteiger charge is 2.51. The maximum atomic E-state index is 13.9. The second-order valence-electron chi connectivity index (χ2n) is 9.95. The molecule has 1 fully saturated rings. The molecule has 2 atom stereocenters. The number of alkyl halides is 3. The van der Waals surface area contributed by atoms with Crippen molar-refractivity contribution < 1.29 is 36.9 Å². The van der Waals surface area contributed by atoms with Crippen molar-refractivity contribution in [1.82, 2.24) is 15.3 Å². The van der Waals surface area contributed by atoms with Gasteiger partial charge in [0.05, 0.1) is 29.6 Å². The Morgan fingerprint density at radius 3 is 2.62 bits per heavy atom. The van der Waals surface area contributed by atoms with Crippen molar-refractivity contribution in [3.05, 3.63) is 70.6 Å². The summed E-state index contributed by atoms with van der Waals surface area (Å²) >= 11 is 1.34. The van der Waals surface area contributed by atoms with E-state index in [0.29, 0.717) is 29.7 Å². The number of amides is 1. The molecule has 2 aromatic heterocycles. The largest absolute Gasteiger partial charge is 0.494 e. The molecular formula is C28H23F4N3O4S. The minimum atomic E-state index is -4.59. The van der Waals surface area contributed by atoms with E-state index in [2.05, 4.69) is 15.3 Å². The van der Waals surface area contributed by atoms with Crippen LogP contribution in [0.5, 0.6) is 11.5 Å². The number of carbonyl (C=O) groups is 1. The highest BCUT2D eigenvalue weighted by atomic mass is 32.1. The molecule has 0 bridgehead atoms. The van der Waals surface area contributed by atoms with Crippen molar-refractivity contribution in [3.63, 3.8) is 0 Å². The number of thiazole rings is 1. The fraction of sp³-hybridized carbons (Fsp3) is 0.321. The average Bonchev–Trinajstić information content (AvgIpc) is 3.52. The highest BCUT2D eigenvalue weighted by Crippen LogP contribution is 2.51. The van der Waals surface area contributed by atoms with Gasteiger partial charge in [-0.1, -0.05) is 0 Å². The molecule has 7 nitrogen and oxygen atoms in total. The molecule has 0 spiro atoms. The molecule has 1 amide bonds. The Hall–Kier alpha value is -3.77. The van der Waals surface area contributed by atoms with E-state index in [9.17, 15) is 27.5 Å². The van der Waals surface area contributed by atoms with E-state index in [0.717, 1.165) is 4.70 Å². The topological polar surface area (TPSA) is 93.6 Å². The minimum Gasteiger partial charge on any atom is -0.494 e. The number of fused-ring (bicyclic) bond motifs is 2. The van der Waals surface area contributed by atoms with Crippen LogP contribution in [0, 0.1) is 11.7 Å². The summed E-state index contributed by atoms with van der Waals surface area (Å²) in [5.41, 5.74) is 1.04. The van der Waals surface area contributed by atoms with Gasteiger partial charge in [0.25, 0.3) is 5.91 Å². The molecule has 2 N–H and O–H groups in total. The molecule has 1 saturated carbocycles. The van der Waals surface area contributed by atoms with E-state index in [1.54, 1.807) is 17.6 Å². The molecule has 208 valence electrons. The van der Waals surface area contributed by atoms with Crippen LogP contribution in [0.25, 0.3) is 21.5 Å². The molecule has 0 radical (unpaired) electrons. The Morgan fingerprint density at radius 1 is 1.20 bits per heavy atom. The molecule has 0 unspecified atom stereocenters. The van der Waals surface area contributed by atoms with E-state index in [1.165, 1.54) is 48.8 Å². The van der Waals surface area contributed by atoms with Crippen LogP contribution in [-0.4, -0.2) is 47.4 Å². The zero-order chi connectivity index (χ0) is 28.2. The zero-order valence-corrected chi connectivity index (χ0v) is 21.9. The molecular weight excluding hydrogens is 550 g/mol. The van der Waals surface area contributed by atoms with Crippen molar-refractivity contribution in [1.29, 1.82) is 0 Å². The number of nitrogens with zero attached hydrogens (tertiary/aromatic N) is 2. The monoisotopic (exact) mass is 573 g/mol. The smallest absolute Gasteiger partial charge is 0.399 e. The van der Waals surface area contributed by atoms with Crippen molar-refractivity contribution in [3.8, 4) is 22.8 Å². The van der Waals surface area contributed by atoms with Crippen LogP contribution in [0.3, 0.4) is 0 Å². The number of hydrogen-bond acceptors (Lipinski definition) is 7. The van der Waals surface area contributed by atoms with Gasteiger partial charge in [0.15, 0.2) is 0 Å². The SMILES string of the molecule is COc1cc(C(=O)NC[C@](O)(c2cc3c(c(-c4ccc(F)cc4)n2)OC[C@H]3C(F)(F)F)C2CC2)cc2scnc12. The van der Waals surface area contributed by atoms with Gasteiger partial charge in [-0.25, -0.2) is 14.4 Å². The van der Waals surface area contributed by atoms with Crippen molar-refractivity contribution >= 4 is 27.5 Å². The van der Waals surface area contributed by atoms with Crippen molar-refractivity contribution in [2.24, 2.45) is 5.92 Å². The molecule has 6 rings (SSSR count). The Labute approximate surface area is 229 Å². The number of benzene rings is 2. The lowest BCUT2D eigenvalue weighted by Crippen LogP contribution is -2.43. The minimum absolute atomic E-state index is 0.0105. The lowest BCUT2D eigenvalue weighted by Gasteiger charge is -2.29. The molecule has 12 heteroatoms. The van der Waals surface area contributed by atoms with Gasteiger partial charge in [-0.3, -0.25) is 4.79 Å². The number of ether oxygens (including phenoxy) is 2. The maximum Gasteiger partial charge on any atom is 0.399 e. The van der Waals surface area contributed by atoms with Crippen molar-refractivity contribution in [2.45, 2.75) is 30.5 Å². The highest BCUT2D eigenvalue weighted by molar-refractivity contribution is 7.16. The van der Waals surface area contributed by atoms with Crippen molar-refractivity contribution in [2.75, 3.05) is 20.3 Å². The van der Waals surface area contributed by atoms with Crippen LogP contribution in [-0.2, 0) is 5.60 Å². The summed E-state index contributed by atoms with van der Waals surface area (Å²) in [4.78, 5) is 22.0. The van der Waals surface area contributed by atoms with E-state index >= 15 is 0 Å². The molecule has 1 aliphatic heterocycles. The van der Waals surface area contributed by atoms with Gasteiger partial charge in [-0.05, 0) is 61.2 Å². The van der Waals surface area contributed by atoms with E-state index < -0.39 is 36.0 Å². The molecule has 2 aliphatic rings. The van der Waals surface area contributed by atoms with Crippen LogP contribution in [0.2, 0.25) is 0 Å². The van der Waals surface area contributed by atoms with Crippen LogP contribution in [0.4, 0.5) is 17.6 Å². The average molecular weight is 574 g/mol. The number of carbonyl (C=O) groups excluding carboxylic acids is 1. The summed E-state index contributed by atoms with van der Waals surface area (Å²) in [6, 6.07) is 9.57. The summed E-state index contributed by atoms with van der Waals surface area (Å²) in [5, 5.41) is 14.6. The Morgan fingerprint density at radius 2 is 1.95 bits per heavy atom. The van der Waals surface area contributed by atoms with Gasteiger partial charge < -0.3 is 19.9 Å². The normalized spacial score (nSPS) is 18.2. The lowest BCUT2D eigenvalue weighted by atomic mass is 9.88. The maximum absolute atomic E-state index is 13.9. The Kier molecular flexibility index (Phi) is 6.42. The summed E-state index contributed by atoms with van der Waals surface area (Å²) < 4.78 is 67.0. The Balaban J connectivity index is 1.38. The first-order chi connectivity index (χ1) is 19.1. The molecule has 3 heterocycles. The third-order valence-corrected chi connectivity index (χ3v) is 8.16. The quantitative estimate of drug-likeness (QED) is 0.281. The summed E-state index contributed by atoms with van der Waals surface area (Å²) in [5.74, 6) is -2.89. The number of pyridine rings is 1. The first-order valence-electron chi connectivity index (χ1n) is 12.5. The van der Waals surface area contributed by atoms with E-state index in [4.69, 9.17) is 9.47 Å². The standard InChI is InChI=1S/C28H23F4N3O4S/c1-38-20-8-15(9-21-24(20)34-13-40-21)26(36)33-12-27(37,16-4-5-16)22-10-18-19(28(30,31)32)11-39-25(18)23(35-22)14-2-6-17(29)7-3-14/h2-3,6-10,13,16,19,37H,4-5,11-12H2,1H3,(H,33,36)/t19-,27-/m1/s1. The molecule has 1 aliphatic carbocycles. The fourth-order valence-corrected chi connectivity index (χ4v) is 5.79. The number of aromatic nitrogens is 2. The van der Waals surface area contributed by atoms with Crippen LogP contribution in [0.15, 0.2) is 48.0 Å². The molecule has 40 heavy (non-hydrogen) atoms. The summed E-state index contributed by atoms with van der Waals surface area (Å²) in [6.07, 6.45) is -3.38. The molecule has 2 aromatic carbocycles. The van der Waals surface area contributed by atoms with Gasteiger partial charge in [0, 0.05) is 16.7 Å². The van der Waals surface area contributed by atoms with Crippen LogP contribution >= 0.6 is 11.3 Å². The summed E-state index contributed by atoms with van der Waals surface area (Å²) in [7, 11) is 1.47. The second kappa shape index (κ2) is 9.70. The van der Waals surface area contributed by atoms with Gasteiger partial charge in [-0.2, -0.15) is 13.2 Å².